The Morgan fingerprint density at radius 2 is 2.04 bits per heavy atom. The van der Waals surface area contributed by atoms with Gasteiger partial charge >= 0.3 is 0 Å². The van der Waals surface area contributed by atoms with Crippen LogP contribution in [0, 0.1) is 0 Å². The highest BCUT2D eigenvalue weighted by Gasteiger charge is 2.20. The summed E-state index contributed by atoms with van der Waals surface area (Å²) >= 11 is 3.36. The minimum atomic E-state index is -1.81. The van der Waals surface area contributed by atoms with Crippen molar-refractivity contribution >= 4 is 49.5 Å². The Morgan fingerprint density at radius 1 is 1.26 bits per heavy atom. The monoisotopic (exact) mass is 450 g/mol. The number of carbonyl (C=O) groups is 1. The van der Waals surface area contributed by atoms with Crippen LogP contribution in [0.3, 0.4) is 0 Å². The summed E-state index contributed by atoms with van der Waals surface area (Å²) in [5.41, 5.74) is 1.55. The van der Waals surface area contributed by atoms with Crippen LogP contribution in [-0.2, 0) is 11.0 Å². The number of nitrogens with zero attached hydrogens (tertiary/aromatic N) is 1. The summed E-state index contributed by atoms with van der Waals surface area (Å²) in [6.45, 7) is 2.26. The molecule has 0 fully saturated rings. The first kappa shape index (κ1) is 19.4. The molecule has 1 heterocycles. The Hall–Kier alpha value is -2.32. The van der Waals surface area contributed by atoms with Gasteiger partial charge in [-0.1, -0.05) is 6.07 Å². The highest BCUT2D eigenvalue weighted by atomic mass is 79.9. The summed E-state index contributed by atoms with van der Waals surface area (Å²) in [6.07, 6.45) is 0. The molecule has 0 saturated carbocycles. The molecule has 1 unspecified atom stereocenters. The fraction of sp³-hybridized carbons (Fsp3) is 0.211. The molecule has 0 aliphatic rings. The van der Waals surface area contributed by atoms with E-state index in [1.807, 2.05) is 44.1 Å². The highest BCUT2D eigenvalue weighted by molar-refractivity contribution is 9.10. The third-order valence-electron chi connectivity index (χ3n) is 3.85. The van der Waals surface area contributed by atoms with Crippen LogP contribution in [0.5, 0.6) is 5.75 Å². The molecule has 1 aromatic heterocycles. The number of anilines is 1. The number of ether oxygens (including phenoxy) is 1. The second-order valence-electron chi connectivity index (χ2n) is 5.93. The van der Waals surface area contributed by atoms with E-state index in [-0.39, 0.29) is 5.76 Å². The molecule has 0 bridgehead atoms. The molecule has 2 aromatic carbocycles. The van der Waals surface area contributed by atoms with Gasteiger partial charge in [-0.15, -0.1) is 0 Å². The average Bonchev–Trinajstić information content (AvgIpc) is 3.05. The van der Waals surface area contributed by atoms with E-state index in [0.29, 0.717) is 27.3 Å². The second-order valence-corrected chi connectivity index (χ2v) is 7.93. The quantitative estimate of drug-likeness (QED) is 0.611. The van der Waals surface area contributed by atoms with Gasteiger partial charge in [0.1, 0.15) is 16.2 Å². The van der Waals surface area contributed by atoms with Crippen molar-refractivity contribution in [2.75, 3.05) is 25.6 Å². The van der Waals surface area contributed by atoms with E-state index >= 15 is 0 Å². The number of nitrogens with one attached hydrogen (secondary N) is 1. The van der Waals surface area contributed by atoms with E-state index in [0.717, 1.165) is 11.1 Å². The van der Waals surface area contributed by atoms with Gasteiger partial charge in [-0.25, -0.2) is 4.21 Å². The number of halogens is 1. The third-order valence-corrected chi connectivity index (χ3v) is 5.93. The van der Waals surface area contributed by atoms with E-state index in [9.17, 15) is 9.00 Å². The van der Waals surface area contributed by atoms with Crippen molar-refractivity contribution in [1.82, 2.24) is 4.72 Å². The van der Waals surface area contributed by atoms with Gasteiger partial charge in [0, 0.05) is 35.7 Å². The topological polar surface area (TPSA) is 71.8 Å². The van der Waals surface area contributed by atoms with Crippen molar-refractivity contribution in [2.24, 2.45) is 0 Å². The van der Waals surface area contributed by atoms with E-state index in [1.54, 1.807) is 24.3 Å². The molecule has 1 N–H and O–H groups in total. The first-order valence-corrected chi connectivity index (χ1v) is 10.2. The summed E-state index contributed by atoms with van der Waals surface area (Å²) in [7, 11) is 2.04. The molecule has 0 aliphatic heterocycles. The lowest BCUT2D eigenvalue weighted by molar-refractivity contribution is 0.0958. The Balaban J connectivity index is 1.85. The van der Waals surface area contributed by atoms with Crippen molar-refractivity contribution in [2.45, 2.75) is 11.8 Å². The predicted octanol–water partition coefficient (Wildman–Crippen LogP) is 4.11. The van der Waals surface area contributed by atoms with Crippen LogP contribution < -0.4 is 14.4 Å². The van der Waals surface area contributed by atoms with Crippen LogP contribution in [0.15, 0.2) is 56.2 Å². The van der Waals surface area contributed by atoms with E-state index in [1.165, 1.54) is 0 Å². The zero-order valence-corrected chi connectivity index (χ0v) is 17.5. The van der Waals surface area contributed by atoms with Gasteiger partial charge in [-0.3, -0.25) is 9.52 Å². The molecule has 0 saturated heterocycles. The molecule has 1 atom stereocenters. The zero-order valence-electron chi connectivity index (χ0n) is 15.1. The number of hydrogen-bond acceptors (Lipinski definition) is 5. The van der Waals surface area contributed by atoms with Crippen LogP contribution in [0.25, 0.3) is 11.0 Å². The summed E-state index contributed by atoms with van der Waals surface area (Å²) in [4.78, 5) is 14.9. The molecule has 142 valence electrons. The number of hydrogen-bond donors (Lipinski definition) is 1. The number of rotatable bonds is 6. The van der Waals surface area contributed by atoms with Crippen molar-refractivity contribution in [3.05, 3.63) is 52.7 Å². The number of carbonyl (C=O) groups excluding carboxylic acids is 1. The highest BCUT2D eigenvalue weighted by Crippen LogP contribution is 2.30. The SMILES string of the molecule is CCOc1cccc(Br)c1S(=O)NC(=O)c1cc2ccc(N(C)C)cc2o1. The molecule has 1 amide bonds. The zero-order chi connectivity index (χ0) is 19.6. The maximum atomic E-state index is 12.7. The van der Waals surface area contributed by atoms with Gasteiger partial charge in [0.25, 0.3) is 5.91 Å². The van der Waals surface area contributed by atoms with Crippen LogP contribution in [0.2, 0.25) is 0 Å². The molecular weight excluding hydrogens is 432 g/mol. The predicted molar refractivity (Wildman–Crippen MR) is 110 cm³/mol. The van der Waals surface area contributed by atoms with Gasteiger partial charge in [-0.2, -0.15) is 0 Å². The number of fused-ring (bicyclic) bond motifs is 1. The van der Waals surface area contributed by atoms with Crippen molar-refractivity contribution in [3.8, 4) is 5.75 Å². The summed E-state index contributed by atoms with van der Waals surface area (Å²) < 4.78 is 26.9. The molecule has 0 spiro atoms. The molecule has 27 heavy (non-hydrogen) atoms. The Bertz CT molecular complexity index is 1020. The molecule has 3 aromatic rings. The maximum absolute atomic E-state index is 12.7. The fourth-order valence-corrected chi connectivity index (χ4v) is 4.25. The second kappa shape index (κ2) is 8.14. The third kappa shape index (κ3) is 4.17. The summed E-state index contributed by atoms with van der Waals surface area (Å²) in [5.74, 6) is -0.0147. The Morgan fingerprint density at radius 3 is 2.74 bits per heavy atom. The lowest BCUT2D eigenvalue weighted by Crippen LogP contribution is -2.26. The normalized spacial score (nSPS) is 12.0. The molecule has 3 rings (SSSR count). The summed E-state index contributed by atoms with van der Waals surface area (Å²) in [5, 5.41) is 0.799. The van der Waals surface area contributed by atoms with E-state index < -0.39 is 16.9 Å². The Labute approximate surface area is 168 Å². The minimum Gasteiger partial charge on any atom is -0.492 e. The van der Waals surface area contributed by atoms with E-state index in [2.05, 4.69) is 20.7 Å². The number of amides is 1. The Kier molecular flexibility index (Phi) is 5.86. The largest absolute Gasteiger partial charge is 0.492 e. The van der Waals surface area contributed by atoms with Gasteiger partial charge < -0.3 is 14.1 Å². The lowest BCUT2D eigenvalue weighted by atomic mass is 10.2. The molecule has 6 nitrogen and oxygen atoms in total. The number of benzene rings is 2. The fourth-order valence-electron chi connectivity index (χ4n) is 2.53. The average molecular weight is 451 g/mol. The molecular formula is C19H19BrN2O4S. The molecule has 0 aliphatic carbocycles. The molecule has 0 radical (unpaired) electrons. The summed E-state index contributed by atoms with van der Waals surface area (Å²) in [6, 6.07) is 12.5. The van der Waals surface area contributed by atoms with Gasteiger partial charge in [-0.05, 0) is 53.2 Å². The van der Waals surface area contributed by atoms with Crippen LogP contribution in [-0.4, -0.2) is 30.8 Å². The van der Waals surface area contributed by atoms with Gasteiger partial charge in [0.05, 0.1) is 6.61 Å². The van der Waals surface area contributed by atoms with Crippen LogP contribution in [0.1, 0.15) is 17.5 Å². The first-order chi connectivity index (χ1) is 12.9. The van der Waals surface area contributed by atoms with Gasteiger partial charge in [0.2, 0.25) is 0 Å². The van der Waals surface area contributed by atoms with Crippen molar-refractivity contribution < 1.29 is 18.2 Å². The van der Waals surface area contributed by atoms with Crippen LogP contribution in [0.4, 0.5) is 5.69 Å². The smallest absolute Gasteiger partial charge is 0.298 e. The van der Waals surface area contributed by atoms with E-state index in [4.69, 9.17) is 9.15 Å². The molecule has 8 heteroatoms. The standard InChI is InChI=1S/C19H19BrN2O4S/c1-4-25-15-7-5-6-14(20)18(15)27(24)21-19(23)17-10-12-8-9-13(22(2)3)11-16(12)26-17/h5-11H,4H2,1-3H3,(H,21,23). The van der Waals surface area contributed by atoms with Crippen molar-refractivity contribution in [3.63, 3.8) is 0 Å². The maximum Gasteiger partial charge on any atom is 0.298 e. The van der Waals surface area contributed by atoms with Crippen LogP contribution >= 0.6 is 15.9 Å². The van der Waals surface area contributed by atoms with Crippen molar-refractivity contribution in [1.29, 1.82) is 0 Å². The first-order valence-electron chi connectivity index (χ1n) is 8.25. The number of furan rings is 1. The lowest BCUT2D eigenvalue weighted by Gasteiger charge is -2.11. The van der Waals surface area contributed by atoms with Gasteiger partial charge in [0.15, 0.2) is 16.7 Å². The minimum absolute atomic E-state index is 0.0965.